The van der Waals surface area contributed by atoms with Crippen LogP contribution in [-0.4, -0.2) is 30.3 Å². The lowest BCUT2D eigenvalue weighted by molar-refractivity contribution is 0.202. The number of hydrogen-bond donors (Lipinski definition) is 1. The predicted octanol–water partition coefficient (Wildman–Crippen LogP) is 2.19. The highest BCUT2D eigenvalue weighted by atomic mass is 32.2. The summed E-state index contributed by atoms with van der Waals surface area (Å²) in [5, 5.41) is 0. The minimum atomic E-state index is -3.42. The summed E-state index contributed by atoms with van der Waals surface area (Å²) in [5.74, 6) is 0.388. The molecule has 2 rings (SSSR count). The number of piperidine rings is 1. The van der Waals surface area contributed by atoms with E-state index in [1.807, 2.05) is 6.92 Å². The van der Waals surface area contributed by atoms with Gasteiger partial charge in [0.05, 0.1) is 4.88 Å². The van der Waals surface area contributed by atoms with E-state index in [-0.39, 0.29) is 11.0 Å². The maximum atomic E-state index is 12.6. The third-order valence-corrected chi connectivity index (χ3v) is 7.62. The normalized spacial score (nSPS) is 25.4. The van der Waals surface area contributed by atoms with Crippen molar-refractivity contribution < 1.29 is 8.42 Å². The standard InChI is InChI=1S/C12H18N2O2S3/c1-8-4-3-7-14(9(8)2)19(15,16)11-6-5-10(18-11)12(13)17/h5-6,8-9H,3-4,7H2,1-2H3,(H2,13,17). The van der Waals surface area contributed by atoms with Crippen LogP contribution < -0.4 is 5.73 Å². The first-order valence-electron chi connectivity index (χ1n) is 6.25. The summed E-state index contributed by atoms with van der Waals surface area (Å²) in [6.45, 7) is 4.67. The zero-order valence-electron chi connectivity index (χ0n) is 11.0. The molecule has 7 heteroatoms. The van der Waals surface area contributed by atoms with Gasteiger partial charge in [-0.2, -0.15) is 4.31 Å². The number of nitrogens with two attached hydrogens (primary N) is 1. The van der Waals surface area contributed by atoms with Gasteiger partial charge in [-0.1, -0.05) is 19.1 Å². The molecule has 0 spiro atoms. The molecular weight excluding hydrogens is 300 g/mol. The highest BCUT2D eigenvalue weighted by Crippen LogP contribution is 2.31. The molecule has 0 aliphatic carbocycles. The molecule has 1 aliphatic heterocycles. The van der Waals surface area contributed by atoms with Crippen LogP contribution in [0.3, 0.4) is 0 Å². The first kappa shape index (κ1) is 14.9. The highest BCUT2D eigenvalue weighted by Gasteiger charge is 2.35. The molecule has 1 aromatic heterocycles. The van der Waals surface area contributed by atoms with E-state index >= 15 is 0 Å². The Morgan fingerprint density at radius 2 is 2.16 bits per heavy atom. The molecule has 1 fully saturated rings. The van der Waals surface area contributed by atoms with E-state index in [0.717, 1.165) is 24.2 Å². The van der Waals surface area contributed by atoms with E-state index in [9.17, 15) is 8.42 Å². The Labute approximate surface area is 123 Å². The van der Waals surface area contributed by atoms with Gasteiger partial charge >= 0.3 is 0 Å². The first-order valence-corrected chi connectivity index (χ1v) is 8.92. The summed E-state index contributed by atoms with van der Waals surface area (Å²) in [5.41, 5.74) is 5.53. The second-order valence-corrected chi connectivity index (χ2v) is 8.60. The van der Waals surface area contributed by atoms with E-state index in [4.69, 9.17) is 18.0 Å². The van der Waals surface area contributed by atoms with Crippen molar-refractivity contribution in [1.29, 1.82) is 0 Å². The van der Waals surface area contributed by atoms with Gasteiger partial charge in [0.25, 0.3) is 10.0 Å². The summed E-state index contributed by atoms with van der Waals surface area (Å²) in [4.78, 5) is 0.887. The molecule has 0 amide bonds. The Morgan fingerprint density at radius 1 is 1.47 bits per heavy atom. The summed E-state index contributed by atoms with van der Waals surface area (Å²) in [6, 6.07) is 3.31. The Kier molecular flexibility index (Phi) is 4.29. The SMILES string of the molecule is CC1CCCN(S(=O)(=O)c2ccc(C(N)=S)s2)C1C. The molecule has 106 valence electrons. The molecule has 2 unspecified atom stereocenters. The van der Waals surface area contributed by atoms with Crippen LogP contribution in [0.15, 0.2) is 16.3 Å². The summed E-state index contributed by atoms with van der Waals surface area (Å²) in [6.07, 6.45) is 1.99. The zero-order chi connectivity index (χ0) is 14.2. The van der Waals surface area contributed by atoms with Crippen LogP contribution in [-0.2, 0) is 10.0 Å². The lowest BCUT2D eigenvalue weighted by Gasteiger charge is -2.36. The van der Waals surface area contributed by atoms with E-state index < -0.39 is 10.0 Å². The van der Waals surface area contributed by atoms with Crippen LogP contribution in [0.4, 0.5) is 0 Å². The minimum absolute atomic E-state index is 0.0362. The third kappa shape index (κ3) is 2.84. The van der Waals surface area contributed by atoms with Crippen LogP contribution in [0, 0.1) is 5.92 Å². The maximum absolute atomic E-state index is 12.6. The summed E-state index contributed by atoms with van der Waals surface area (Å²) >= 11 is 6.03. The fourth-order valence-corrected chi connectivity index (χ4v) is 5.59. The number of nitrogens with zero attached hydrogens (tertiary/aromatic N) is 1. The first-order chi connectivity index (χ1) is 8.84. The monoisotopic (exact) mass is 318 g/mol. The average molecular weight is 318 g/mol. The average Bonchev–Trinajstić information content (AvgIpc) is 2.82. The van der Waals surface area contributed by atoms with Crippen molar-refractivity contribution in [2.75, 3.05) is 6.54 Å². The largest absolute Gasteiger partial charge is 0.389 e. The van der Waals surface area contributed by atoms with Gasteiger partial charge in [-0.05, 0) is 37.8 Å². The van der Waals surface area contributed by atoms with E-state index in [1.54, 1.807) is 16.4 Å². The lowest BCUT2D eigenvalue weighted by Crippen LogP contribution is -2.45. The van der Waals surface area contributed by atoms with Crippen molar-refractivity contribution in [2.45, 2.75) is 36.9 Å². The third-order valence-electron chi connectivity index (χ3n) is 3.70. The smallest absolute Gasteiger partial charge is 0.252 e. The van der Waals surface area contributed by atoms with Crippen LogP contribution in [0.1, 0.15) is 31.6 Å². The van der Waals surface area contributed by atoms with Crippen LogP contribution in [0.5, 0.6) is 0 Å². The number of thiocarbonyl (C=S) groups is 1. The van der Waals surface area contributed by atoms with Crippen LogP contribution in [0.2, 0.25) is 0 Å². The van der Waals surface area contributed by atoms with Gasteiger partial charge in [0.2, 0.25) is 0 Å². The van der Waals surface area contributed by atoms with Crippen molar-refractivity contribution >= 4 is 38.6 Å². The van der Waals surface area contributed by atoms with Crippen molar-refractivity contribution in [1.82, 2.24) is 4.31 Å². The number of hydrogen-bond acceptors (Lipinski definition) is 4. The second-order valence-electron chi connectivity index (χ2n) is 4.96. The number of sulfonamides is 1. The van der Waals surface area contributed by atoms with Crippen LogP contribution in [0.25, 0.3) is 0 Å². The minimum Gasteiger partial charge on any atom is -0.389 e. The molecule has 0 saturated carbocycles. The molecule has 2 N–H and O–H groups in total. The van der Waals surface area contributed by atoms with Gasteiger partial charge in [-0.3, -0.25) is 0 Å². The molecule has 4 nitrogen and oxygen atoms in total. The molecule has 2 atom stereocenters. The van der Waals surface area contributed by atoms with Gasteiger partial charge in [0.1, 0.15) is 9.20 Å². The van der Waals surface area contributed by atoms with E-state index in [1.165, 1.54) is 0 Å². The van der Waals surface area contributed by atoms with Gasteiger partial charge in [-0.25, -0.2) is 8.42 Å². The summed E-state index contributed by atoms with van der Waals surface area (Å²) in [7, 11) is -3.42. The summed E-state index contributed by atoms with van der Waals surface area (Å²) < 4.78 is 27.2. The molecule has 1 saturated heterocycles. The molecule has 2 heterocycles. The fraction of sp³-hybridized carbons (Fsp3) is 0.583. The second kappa shape index (κ2) is 5.47. The van der Waals surface area contributed by atoms with Gasteiger partial charge in [0, 0.05) is 12.6 Å². The number of rotatable bonds is 3. The van der Waals surface area contributed by atoms with Crippen molar-refractivity contribution in [3.63, 3.8) is 0 Å². The fourth-order valence-electron chi connectivity index (χ4n) is 2.34. The Morgan fingerprint density at radius 3 is 2.74 bits per heavy atom. The molecule has 19 heavy (non-hydrogen) atoms. The van der Waals surface area contributed by atoms with Crippen molar-refractivity contribution in [3.05, 3.63) is 17.0 Å². The molecule has 0 bridgehead atoms. The zero-order valence-corrected chi connectivity index (χ0v) is 13.4. The predicted molar refractivity (Wildman–Crippen MR) is 82.0 cm³/mol. The Hall–Kier alpha value is -0.500. The maximum Gasteiger partial charge on any atom is 0.252 e. The van der Waals surface area contributed by atoms with Gasteiger partial charge < -0.3 is 5.73 Å². The van der Waals surface area contributed by atoms with Gasteiger partial charge in [-0.15, -0.1) is 11.3 Å². The van der Waals surface area contributed by atoms with Crippen molar-refractivity contribution in [2.24, 2.45) is 11.7 Å². The molecule has 1 aromatic rings. The van der Waals surface area contributed by atoms with E-state index in [0.29, 0.717) is 21.5 Å². The molecule has 0 radical (unpaired) electrons. The van der Waals surface area contributed by atoms with E-state index in [2.05, 4.69) is 6.92 Å². The van der Waals surface area contributed by atoms with Crippen molar-refractivity contribution in [3.8, 4) is 0 Å². The quantitative estimate of drug-likeness (QED) is 0.868. The highest BCUT2D eigenvalue weighted by molar-refractivity contribution is 7.91. The lowest BCUT2D eigenvalue weighted by atomic mass is 9.94. The topological polar surface area (TPSA) is 63.4 Å². The van der Waals surface area contributed by atoms with Crippen LogP contribution >= 0.6 is 23.6 Å². The Bertz CT molecular complexity index is 580. The Balaban J connectivity index is 2.33. The molecular formula is C12H18N2O2S3. The molecule has 1 aliphatic rings. The van der Waals surface area contributed by atoms with Gasteiger partial charge in [0.15, 0.2) is 0 Å². The number of thiophene rings is 1. The molecule has 0 aromatic carbocycles.